The zero-order valence-corrected chi connectivity index (χ0v) is 13.3. The van der Waals surface area contributed by atoms with Gasteiger partial charge in [-0.2, -0.15) is 0 Å². The van der Waals surface area contributed by atoms with Gasteiger partial charge >= 0.3 is 0 Å². The van der Waals surface area contributed by atoms with E-state index in [1.54, 1.807) is 12.1 Å². The summed E-state index contributed by atoms with van der Waals surface area (Å²) in [5.74, 6) is 1.98. The van der Waals surface area contributed by atoms with Crippen molar-refractivity contribution in [3.8, 4) is 0 Å². The van der Waals surface area contributed by atoms with Crippen molar-refractivity contribution in [1.82, 2.24) is 5.32 Å². The van der Waals surface area contributed by atoms with Crippen LogP contribution in [0.5, 0.6) is 0 Å². The molecule has 0 bridgehead atoms. The number of rotatable bonds is 4. The van der Waals surface area contributed by atoms with Gasteiger partial charge in [-0.1, -0.05) is 29.3 Å². The van der Waals surface area contributed by atoms with Crippen molar-refractivity contribution in [1.29, 1.82) is 0 Å². The van der Waals surface area contributed by atoms with Crippen LogP contribution in [0.4, 0.5) is 4.39 Å². The minimum Gasteiger partial charge on any atom is -0.319 e. The fourth-order valence-corrected chi connectivity index (χ4v) is 3.73. The molecule has 1 aliphatic rings. The van der Waals surface area contributed by atoms with Crippen LogP contribution in [0.3, 0.4) is 0 Å². The molecule has 0 aromatic heterocycles. The van der Waals surface area contributed by atoms with E-state index in [1.807, 2.05) is 13.1 Å². The van der Waals surface area contributed by atoms with Crippen molar-refractivity contribution < 1.29 is 4.39 Å². The molecule has 0 amide bonds. The van der Waals surface area contributed by atoms with E-state index >= 15 is 0 Å². The number of hydrogen-bond acceptors (Lipinski definition) is 1. The van der Waals surface area contributed by atoms with E-state index in [2.05, 4.69) is 28.2 Å². The highest BCUT2D eigenvalue weighted by Crippen LogP contribution is 2.36. The number of benzene rings is 1. The fourth-order valence-electron chi connectivity index (χ4n) is 3.32. The Kier molecular flexibility index (Phi) is 5.40. The second-order valence-electron chi connectivity index (χ2n) is 5.94. The minimum absolute atomic E-state index is 0.0652. The van der Waals surface area contributed by atoms with E-state index in [0.29, 0.717) is 11.8 Å². The molecule has 1 aromatic carbocycles. The zero-order valence-electron chi connectivity index (χ0n) is 11.8. The van der Waals surface area contributed by atoms with Gasteiger partial charge in [-0.3, -0.25) is 0 Å². The fraction of sp³-hybridized carbons (Fsp3) is 0.625. The third kappa shape index (κ3) is 4.03. The maximum atomic E-state index is 13.9. The van der Waals surface area contributed by atoms with Gasteiger partial charge in [0.15, 0.2) is 0 Å². The molecule has 0 radical (unpaired) electrons. The molecule has 1 N–H and O–H groups in total. The summed E-state index contributed by atoms with van der Waals surface area (Å²) in [7, 11) is 2.01. The molecule has 3 atom stereocenters. The summed E-state index contributed by atoms with van der Waals surface area (Å²) in [6, 6.07) is 5.27. The van der Waals surface area contributed by atoms with Crippen LogP contribution >= 0.6 is 15.9 Å². The van der Waals surface area contributed by atoms with Gasteiger partial charge in [0.25, 0.3) is 0 Å². The van der Waals surface area contributed by atoms with Gasteiger partial charge in [0, 0.05) is 4.47 Å². The van der Waals surface area contributed by atoms with Gasteiger partial charge in [0.1, 0.15) is 5.82 Å². The van der Waals surface area contributed by atoms with Crippen LogP contribution in [0.2, 0.25) is 0 Å². The molecule has 3 unspecified atom stereocenters. The topological polar surface area (TPSA) is 12.0 Å². The van der Waals surface area contributed by atoms with E-state index in [0.717, 1.165) is 28.9 Å². The van der Waals surface area contributed by atoms with E-state index < -0.39 is 0 Å². The average Bonchev–Trinajstić information content (AvgIpc) is 2.37. The van der Waals surface area contributed by atoms with Crippen LogP contribution in [0, 0.1) is 23.6 Å². The number of nitrogens with one attached hydrogen (secondary N) is 1. The third-order valence-electron chi connectivity index (χ3n) is 4.36. The molecule has 2 rings (SSSR count). The molecular formula is C16H23BrFN. The van der Waals surface area contributed by atoms with Gasteiger partial charge in [-0.15, -0.1) is 0 Å². The van der Waals surface area contributed by atoms with Crippen molar-refractivity contribution in [3.05, 3.63) is 34.1 Å². The first-order chi connectivity index (χ1) is 9.10. The first-order valence-electron chi connectivity index (χ1n) is 7.18. The minimum atomic E-state index is -0.0652. The van der Waals surface area contributed by atoms with Crippen LogP contribution in [0.1, 0.15) is 31.7 Å². The maximum Gasteiger partial charge on any atom is 0.126 e. The Labute approximate surface area is 124 Å². The Bertz CT molecular complexity index is 421. The molecule has 0 heterocycles. The third-order valence-corrected chi connectivity index (χ3v) is 4.85. The molecule has 1 nitrogen and oxygen atoms in total. The average molecular weight is 328 g/mol. The van der Waals surface area contributed by atoms with Crippen molar-refractivity contribution in [2.45, 2.75) is 32.6 Å². The Morgan fingerprint density at radius 2 is 2.11 bits per heavy atom. The summed E-state index contributed by atoms with van der Waals surface area (Å²) < 4.78 is 14.9. The molecule has 3 heteroatoms. The zero-order chi connectivity index (χ0) is 13.8. The molecule has 1 fully saturated rings. The van der Waals surface area contributed by atoms with Gasteiger partial charge in [-0.25, -0.2) is 4.39 Å². The highest BCUT2D eigenvalue weighted by molar-refractivity contribution is 9.10. The summed E-state index contributed by atoms with van der Waals surface area (Å²) >= 11 is 3.44. The Morgan fingerprint density at radius 3 is 2.84 bits per heavy atom. The highest BCUT2D eigenvalue weighted by atomic mass is 79.9. The SMILES string of the molecule is CNCC1CCC(C)CC1Cc1cc(Br)ccc1F. The summed E-state index contributed by atoms with van der Waals surface area (Å²) in [6.07, 6.45) is 4.66. The smallest absolute Gasteiger partial charge is 0.126 e. The quantitative estimate of drug-likeness (QED) is 0.864. The molecule has 0 saturated heterocycles. The number of hydrogen-bond donors (Lipinski definition) is 1. The first-order valence-corrected chi connectivity index (χ1v) is 7.98. The lowest BCUT2D eigenvalue weighted by Gasteiger charge is -2.35. The molecule has 106 valence electrons. The summed E-state index contributed by atoms with van der Waals surface area (Å²) in [6.45, 7) is 3.37. The van der Waals surface area contributed by atoms with Gasteiger partial charge in [-0.05, 0) is 74.4 Å². The van der Waals surface area contributed by atoms with E-state index in [-0.39, 0.29) is 5.82 Å². The lowest BCUT2D eigenvalue weighted by Crippen LogP contribution is -2.32. The van der Waals surface area contributed by atoms with E-state index in [1.165, 1.54) is 19.3 Å². The predicted molar refractivity (Wildman–Crippen MR) is 81.7 cm³/mol. The summed E-state index contributed by atoms with van der Waals surface area (Å²) in [4.78, 5) is 0. The van der Waals surface area contributed by atoms with Crippen molar-refractivity contribution >= 4 is 15.9 Å². The maximum absolute atomic E-state index is 13.9. The standard InChI is InChI=1S/C16H23BrFN/c1-11-3-4-12(10-19-2)13(7-11)8-14-9-15(17)5-6-16(14)18/h5-6,9,11-13,19H,3-4,7-8,10H2,1-2H3. The van der Waals surface area contributed by atoms with Crippen molar-refractivity contribution in [2.24, 2.45) is 17.8 Å². The Balaban J connectivity index is 2.11. The summed E-state index contributed by atoms with van der Waals surface area (Å²) in [5, 5.41) is 3.29. The lowest BCUT2D eigenvalue weighted by atomic mass is 9.72. The van der Waals surface area contributed by atoms with Crippen molar-refractivity contribution in [2.75, 3.05) is 13.6 Å². The van der Waals surface area contributed by atoms with Crippen LogP contribution in [-0.2, 0) is 6.42 Å². The van der Waals surface area contributed by atoms with Gasteiger partial charge in [0.2, 0.25) is 0 Å². The van der Waals surface area contributed by atoms with Gasteiger partial charge in [0.05, 0.1) is 0 Å². The highest BCUT2D eigenvalue weighted by Gasteiger charge is 2.28. The molecule has 19 heavy (non-hydrogen) atoms. The molecule has 1 aromatic rings. The largest absolute Gasteiger partial charge is 0.319 e. The first kappa shape index (κ1) is 15.0. The normalized spacial score (nSPS) is 27.5. The Hall–Kier alpha value is -0.410. The monoisotopic (exact) mass is 327 g/mol. The number of halogens is 2. The molecular weight excluding hydrogens is 305 g/mol. The molecule has 1 aliphatic carbocycles. The second-order valence-corrected chi connectivity index (χ2v) is 6.85. The van der Waals surface area contributed by atoms with Crippen LogP contribution in [-0.4, -0.2) is 13.6 Å². The van der Waals surface area contributed by atoms with E-state index in [9.17, 15) is 4.39 Å². The van der Waals surface area contributed by atoms with E-state index in [4.69, 9.17) is 0 Å². The van der Waals surface area contributed by atoms with Crippen LogP contribution in [0.15, 0.2) is 22.7 Å². The lowest BCUT2D eigenvalue weighted by molar-refractivity contribution is 0.185. The molecule has 1 saturated carbocycles. The van der Waals surface area contributed by atoms with Gasteiger partial charge < -0.3 is 5.32 Å². The molecule has 0 spiro atoms. The van der Waals surface area contributed by atoms with Crippen molar-refractivity contribution in [3.63, 3.8) is 0 Å². The molecule has 0 aliphatic heterocycles. The predicted octanol–water partition coefficient (Wildman–Crippen LogP) is 4.40. The van der Waals surface area contributed by atoms with Crippen LogP contribution in [0.25, 0.3) is 0 Å². The van der Waals surface area contributed by atoms with Crippen LogP contribution < -0.4 is 5.32 Å². The second kappa shape index (κ2) is 6.85. The summed E-state index contributed by atoms with van der Waals surface area (Å²) in [5.41, 5.74) is 0.856. The Morgan fingerprint density at radius 1 is 1.32 bits per heavy atom.